The molecule has 0 aromatic heterocycles. The number of nitrogens with two attached hydrogens (primary N) is 1. The van der Waals surface area contributed by atoms with Crippen molar-refractivity contribution < 1.29 is 5.11 Å². The lowest BCUT2D eigenvalue weighted by molar-refractivity contribution is 0.219. The summed E-state index contributed by atoms with van der Waals surface area (Å²) < 4.78 is 0. The summed E-state index contributed by atoms with van der Waals surface area (Å²) in [5, 5.41) is 9.70. The molecule has 0 aliphatic carbocycles. The molecule has 0 atom stereocenters. The Morgan fingerprint density at radius 3 is 2.50 bits per heavy atom. The number of rotatable bonds is 3. The highest BCUT2D eigenvalue weighted by molar-refractivity contribution is 5.47. The van der Waals surface area contributed by atoms with Gasteiger partial charge in [0.25, 0.3) is 0 Å². The van der Waals surface area contributed by atoms with Crippen LogP contribution in [-0.4, -0.2) is 23.6 Å². The fourth-order valence-electron chi connectivity index (χ4n) is 1.89. The standard InChI is InChI=1S/C13H22N2O/c1-13(2,3)9-15(4)8-10-7-11(14)5-6-12(10)16/h5-7,16H,8-9,14H2,1-4H3. The molecule has 1 aromatic carbocycles. The normalized spacial score (nSPS) is 12.1. The van der Waals surface area contributed by atoms with Crippen molar-refractivity contribution in [2.24, 2.45) is 5.41 Å². The first kappa shape index (κ1) is 12.8. The van der Waals surface area contributed by atoms with Crippen molar-refractivity contribution in [2.45, 2.75) is 27.3 Å². The molecule has 0 spiro atoms. The van der Waals surface area contributed by atoms with E-state index < -0.39 is 0 Å². The average molecular weight is 222 g/mol. The zero-order valence-electron chi connectivity index (χ0n) is 10.6. The van der Waals surface area contributed by atoms with Gasteiger partial charge in [-0.05, 0) is 30.7 Å². The maximum absolute atomic E-state index is 9.70. The van der Waals surface area contributed by atoms with Crippen LogP contribution >= 0.6 is 0 Å². The second-order valence-corrected chi connectivity index (χ2v) is 5.62. The third-order valence-electron chi connectivity index (χ3n) is 2.29. The zero-order chi connectivity index (χ0) is 12.3. The Morgan fingerprint density at radius 2 is 1.94 bits per heavy atom. The van der Waals surface area contributed by atoms with E-state index in [2.05, 4.69) is 25.7 Å². The summed E-state index contributed by atoms with van der Waals surface area (Å²) in [5.41, 5.74) is 7.53. The van der Waals surface area contributed by atoms with Gasteiger partial charge in [-0.15, -0.1) is 0 Å². The smallest absolute Gasteiger partial charge is 0.120 e. The number of phenols is 1. The summed E-state index contributed by atoms with van der Waals surface area (Å²) in [5.74, 6) is 0.315. The first-order chi connectivity index (χ1) is 7.28. The topological polar surface area (TPSA) is 49.5 Å². The van der Waals surface area contributed by atoms with E-state index in [1.54, 1.807) is 12.1 Å². The van der Waals surface area contributed by atoms with Crippen LogP contribution in [0.4, 0.5) is 5.69 Å². The van der Waals surface area contributed by atoms with Crippen molar-refractivity contribution in [3.8, 4) is 5.75 Å². The summed E-state index contributed by atoms with van der Waals surface area (Å²) in [7, 11) is 2.05. The van der Waals surface area contributed by atoms with Crippen molar-refractivity contribution in [3.63, 3.8) is 0 Å². The van der Waals surface area contributed by atoms with Crippen molar-refractivity contribution in [1.82, 2.24) is 4.90 Å². The summed E-state index contributed by atoms with van der Waals surface area (Å²) in [6.45, 7) is 8.28. The second kappa shape index (κ2) is 4.74. The average Bonchev–Trinajstić information content (AvgIpc) is 2.08. The Labute approximate surface area is 97.9 Å². The molecule has 0 saturated carbocycles. The molecule has 0 fully saturated rings. The van der Waals surface area contributed by atoms with Gasteiger partial charge >= 0.3 is 0 Å². The minimum atomic E-state index is 0.255. The fraction of sp³-hybridized carbons (Fsp3) is 0.538. The maximum atomic E-state index is 9.70. The Balaban J connectivity index is 2.69. The van der Waals surface area contributed by atoms with E-state index >= 15 is 0 Å². The number of benzene rings is 1. The SMILES string of the molecule is CN(Cc1cc(N)ccc1O)CC(C)(C)C. The predicted molar refractivity (Wildman–Crippen MR) is 68.3 cm³/mol. The minimum absolute atomic E-state index is 0.255. The lowest BCUT2D eigenvalue weighted by atomic mass is 9.96. The van der Waals surface area contributed by atoms with Crippen LogP contribution < -0.4 is 5.73 Å². The monoisotopic (exact) mass is 222 g/mol. The van der Waals surface area contributed by atoms with E-state index in [9.17, 15) is 5.11 Å². The third kappa shape index (κ3) is 4.11. The number of aromatic hydroxyl groups is 1. The zero-order valence-corrected chi connectivity index (χ0v) is 10.6. The van der Waals surface area contributed by atoms with Gasteiger partial charge in [0.15, 0.2) is 0 Å². The number of nitrogen functional groups attached to an aromatic ring is 1. The second-order valence-electron chi connectivity index (χ2n) is 5.62. The van der Waals surface area contributed by atoms with E-state index in [4.69, 9.17) is 5.73 Å². The molecule has 0 bridgehead atoms. The molecule has 90 valence electrons. The molecule has 3 N–H and O–H groups in total. The lowest BCUT2D eigenvalue weighted by Crippen LogP contribution is -2.28. The van der Waals surface area contributed by atoms with Crippen molar-refractivity contribution >= 4 is 5.69 Å². The third-order valence-corrected chi connectivity index (χ3v) is 2.29. The van der Waals surface area contributed by atoms with Gasteiger partial charge < -0.3 is 15.7 Å². The largest absolute Gasteiger partial charge is 0.508 e. The van der Waals surface area contributed by atoms with Crippen LogP contribution in [0.2, 0.25) is 0 Å². The molecular formula is C13H22N2O. The van der Waals surface area contributed by atoms with Crippen LogP contribution in [0.25, 0.3) is 0 Å². The molecule has 0 radical (unpaired) electrons. The van der Waals surface area contributed by atoms with Gasteiger partial charge in [-0.1, -0.05) is 20.8 Å². The van der Waals surface area contributed by atoms with Crippen LogP contribution in [0, 0.1) is 5.41 Å². The molecule has 16 heavy (non-hydrogen) atoms. The highest BCUT2D eigenvalue weighted by Gasteiger charge is 2.14. The predicted octanol–water partition coefficient (Wildman–Crippen LogP) is 2.45. The van der Waals surface area contributed by atoms with Gasteiger partial charge in [0.05, 0.1) is 0 Å². The molecular weight excluding hydrogens is 200 g/mol. The molecule has 3 nitrogen and oxygen atoms in total. The Bertz CT molecular complexity index is 355. The van der Waals surface area contributed by atoms with E-state index in [-0.39, 0.29) is 5.41 Å². The van der Waals surface area contributed by atoms with Crippen LogP contribution in [0.3, 0.4) is 0 Å². The quantitative estimate of drug-likeness (QED) is 0.610. The van der Waals surface area contributed by atoms with Crippen LogP contribution in [0.15, 0.2) is 18.2 Å². The van der Waals surface area contributed by atoms with Gasteiger partial charge in [0.1, 0.15) is 5.75 Å². The number of hydrogen-bond donors (Lipinski definition) is 2. The summed E-state index contributed by atoms with van der Waals surface area (Å²) in [4.78, 5) is 2.19. The fourth-order valence-corrected chi connectivity index (χ4v) is 1.89. The number of hydrogen-bond acceptors (Lipinski definition) is 3. The van der Waals surface area contributed by atoms with Crippen molar-refractivity contribution in [1.29, 1.82) is 0 Å². The molecule has 0 aliphatic rings. The van der Waals surface area contributed by atoms with Gasteiger partial charge in [-0.3, -0.25) is 0 Å². The molecule has 3 heteroatoms. The first-order valence-electron chi connectivity index (χ1n) is 5.54. The van der Waals surface area contributed by atoms with Crippen LogP contribution in [-0.2, 0) is 6.54 Å². The summed E-state index contributed by atoms with van der Waals surface area (Å²) in [6.07, 6.45) is 0. The van der Waals surface area contributed by atoms with Gasteiger partial charge in [0.2, 0.25) is 0 Å². The molecule has 0 heterocycles. The van der Waals surface area contributed by atoms with Crippen molar-refractivity contribution in [3.05, 3.63) is 23.8 Å². The molecule has 0 unspecified atom stereocenters. The molecule has 1 rings (SSSR count). The molecule has 0 aliphatic heterocycles. The Morgan fingerprint density at radius 1 is 1.31 bits per heavy atom. The van der Waals surface area contributed by atoms with Gasteiger partial charge in [-0.25, -0.2) is 0 Å². The van der Waals surface area contributed by atoms with Gasteiger partial charge in [-0.2, -0.15) is 0 Å². The summed E-state index contributed by atoms with van der Waals surface area (Å²) in [6, 6.07) is 5.19. The number of phenolic OH excluding ortho intramolecular Hbond substituents is 1. The van der Waals surface area contributed by atoms with Gasteiger partial charge in [0, 0.05) is 24.3 Å². The minimum Gasteiger partial charge on any atom is -0.508 e. The van der Waals surface area contributed by atoms with Crippen LogP contribution in [0.1, 0.15) is 26.3 Å². The van der Waals surface area contributed by atoms with E-state index in [0.717, 1.165) is 12.1 Å². The van der Waals surface area contributed by atoms with Crippen molar-refractivity contribution in [2.75, 3.05) is 19.3 Å². The van der Waals surface area contributed by atoms with Crippen LogP contribution in [0.5, 0.6) is 5.75 Å². The lowest BCUT2D eigenvalue weighted by Gasteiger charge is -2.26. The first-order valence-corrected chi connectivity index (χ1v) is 5.54. The molecule has 0 amide bonds. The van der Waals surface area contributed by atoms with E-state index in [1.807, 2.05) is 13.1 Å². The molecule has 0 saturated heterocycles. The Kier molecular flexibility index (Phi) is 3.81. The highest BCUT2D eigenvalue weighted by Crippen LogP contribution is 2.22. The highest BCUT2D eigenvalue weighted by atomic mass is 16.3. The maximum Gasteiger partial charge on any atom is 0.120 e. The Hall–Kier alpha value is -1.22. The molecule has 1 aromatic rings. The van der Waals surface area contributed by atoms with E-state index in [1.165, 1.54) is 0 Å². The number of nitrogens with zero attached hydrogens (tertiary/aromatic N) is 1. The van der Waals surface area contributed by atoms with E-state index in [0.29, 0.717) is 18.0 Å². The summed E-state index contributed by atoms with van der Waals surface area (Å²) >= 11 is 0. The number of anilines is 1.